The molecule has 0 saturated carbocycles. The molecule has 0 amide bonds. The molecule has 26 heavy (non-hydrogen) atoms. The minimum atomic E-state index is 0.454. The molecule has 0 bridgehead atoms. The predicted molar refractivity (Wildman–Crippen MR) is 97.9 cm³/mol. The van der Waals surface area contributed by atoms with E-state index in [1.165, 1.54) is 12.3 Å². The Bertz CT molecular complexity index is 860. The zero-order valence-electron chi connectivity index (χ0n) is 14.7. The topological polar surface area (TPSA) is 60.7 Å². The van der Waals surface area contributed by atoms with Gasteiger partial charge in [-0.25, -0.2) is 0 Å². The predicted octanol–water partition coefficient (Wildman–Crippen LogP) is 4.62. The molecular formula is C21H19NO4. The van der Waals surface area contributed by atoms with Crippen molar-refractivity contribution in [2.75, 3.05) is 14.2 Å². The van der Waals surface area contributed by atoms with E-state index in [1.807, 2.05) is 24.3 Å². The number of nitrogens with zero attached hydrogens (tertiary/aromatic N) is 1. The van der Waals surface area contributed by atoms with E-state index < -0.39 is 0 Å². The van der Waals surface area contributed by atoms with Crippen molar-refractivity contribution >= 4 is 5.57 Å². The van der Waals surface area contributed by atoms with Gasteiger partial charge in [0.25, 0.3) is 0 Å². The number of allylic oxidation sites excluding steroid dienone is 6. The van der Waals surface area contributed by atoms with Crippen LogP contribution in [0.15, 0.2) is 72.1 Å². The lowest BCUT2D eigenvalue weighted by Gasteiger charge is -2.21. The Kier molecular flexibility index (Phi) is 5.45. The molecular weight excluding hydrogens is 330 g/mol. The maximum Gasteiger partial charge on any atom is 0.171 e. The highest BCUT2D eigenvalue weighted by Crippen LogP contribution is 2.35. The Morgan fingerprint density at radius 2 is 1.92 bits per heavy atom. The second-order valence-electron chi connectivity index (χ2n) is 5.65. The fourth-order valence-corrected chi connectivity index (χ4v) is 2.72. The highest BCUT2D eigenvalue weighted by Gasteiger charge is 2.20. The Balaban J connectivity index is 1.93. The molecule has 1 aliphatic heterocycles. The van der Waals surface area contributed by atoms with Crippen molar-refractivity contribution in [2.45, 2.75) is 12.8 Å². The van der Waals surface area contributed by atoms with Crippen LogP contribution in [0.25, 0.3) is 5.57 Å². The third-order valence-electron chi connectivity index (χ3n) is 4.04. The fraction of sp³-hybridized carbons (Fsp3) is 0.190. The molecule has 0 aromatic heterocycles. The van der Waals surface area contributed by atoms with Gasteiger partial charge in [0, 0.05) is 17.7 Å². The van der Waals surface area contributed by atoms with Crippen LogP contribution in [0.5, 0.6) is 11.5 Å². The van der Waals surface area contributed by atoms with Crippen LogP contribution in [0.3, 0.4) is 0 Å². The van der Waals surface area contributed by atoms with E-state index in [0.717, 1.165) is 24.0 Å². The van der Waals surface area contributed by atoms with Gasteiger partial charge in [-0.3, -0.25) is 0 Å². The van der Waals surface area contributed by atoms with Crippen LogP contribution in [0.4, 0.5) is 0 Å². The quantitative estimate of drug-likeness (QED) is 0.726. The molecule has 2 aliphatic rings. The molecule has 5 nitrogen and oxygen atoms in total. The third-order valence-corrected chi connectivity index (χ3v) is 4.04. The van der Waals surface area contributed by atoms with Gasteiger partial charge in [-0.2, -0.15) is 5.26 Å². The molecule has 0 unspecified atom stereocenters. The molecule has 3 rings (SSSR count). The molecule has 0 radical (unpaired) electrons. The first kappa shape index (κ1) is 17.4. The third kappa shape index (κ3) is 3.81. The van der Waals surface area contributed by atoms with Crippen LogP contribution in [0.1, 0.15) is 18.4 Å². The van der Waals surface area contributed by atoms with Gasteiger partial charge in [0.05, 0.1) is 20.3 Å². The molecule has 132 valence electrons. The number of hydrogen-bond donors (Lipinski definition) is 0. The summed E-state index contributed by atoms with van der Waals surface area (Å²) in [4.78, 5) is 0. The normalized spacial score (nSPS) is 16.3. The van der Waals surface area contributed by atoms with Gasteiger partial charge in [-0.05, 0) is 36.1 Å². The molecule has 1 heterocycles. The number of ether oxygens (including phenoxy) is 4. The van der Waals surface area contributed by atoms with E-state index in [0.29, 0.717) is 28.6 Å². The van der Waals surface area contributed by atoms with Crippen molar-refractivity contribution < 1.29 is 18.9 Å². The summed E-state index contributed by atoms with van der Waals surface area (Å²) in [6.07, 6.45) is 12.4. The SMILES string of the molecule is COc1cc(OC)cc(C(=CC#N)C2=COC=C(C3=CC=CCC3)O2)c1. The molecule has 1 aliphatic carbocycles. The van der Waals surface area contributed by atoms with Gasteiger partial charge < -0.3 is 18.9 Å². The van der Waals surface area contributed by atoms with Crippen molar-refractivity contribution in [3.63, 3.8) is 0 Å². The first-order chi connectivity index (χ1) is 12.7. The van der Waals surface area contributed by atoms with Crippen LogP contribution in [0.2, 0.25) is 0 Å². The Morgan fingerprint density at radius 3 is 2.54 bits per heavy atom. The maximum atomic E-state index is 9.25. The summed E-state index contributed by atoms with van der Waals surface area (Å²) in [7, 11) is 3.16. The van der Waals surface area contributed by atoms with Gasteiger partial charge in [0.2, 0.25) is 0 Å². The molecule has 5 heteroatoms. The summed E-state index contributed by atoms with van der Waals surface area (Å²) in [5.41, 5.74) is 2.37. The smallest absolute Gasteiger partial charge is 0.171 e. The van der Waals surface area contributed by atoms with Crippen LogP contribution in [-0.4, -0.2) is 14.2 Å². The molecule has 0 saturated heterocycles. The highest BCUT2D eigenvalue weighted by atomic mass is 16.5. The van der Waals surface area contributed by atoms with Gasteiger partial charge >= 0.3 is 0 Å². The zero-order valence-corrected chi connectivity index (χ0v) is 14.7. The molecule has 0 N–H and O–H groups in total. The van der Waals surface area contributed by atoms with E-state index in [-0.39, 0.29) is 0 Å². The summed E-state index contributed by atoms with van der Waals surface area (Å²) in [6, 6.07) is 7.47. The van der Waals surface area contributed by atoms with Crippen molar-refractivity contribution in [1.29, 1.82) is 5.26 Å². The monoisotopic (exact) mass is 349 g/mol. The van der Waals surface area contributed by atoms with Crippen molar-refractivity contribution in [1.82, 2.24) is 0 Å². The van der Waals surface area contributed by atoms with E-state index in [9.17, 15) is 5.26 Å². The lowest BCUT2D eigenvalue weighted by atomic mass is 10.0. The minimum Gasteiger partial charge on any atom is -0.497 e. The van der Waals surface area contributed by atoms with Crippen LogP contribution >= 0.6 is 0 Å². The highest BCUT2D eigenvalue weighted by molar-refractivity contribution is 5.80. The van der Waals surface area contributed by atoms with Crippen LogP contribution < -0.4 is 9.47 Å². The van der Waals surface area contributed by atoms with Gasteiger partial charge in [-0.15, -0.1) is 0 Å². The van der Waals surface area contributed by atoms with E-state index in [2.05, 4.69) is 12.1 Å². The lowest BCUT2D eigenvalue weighted by Crippen LogP contribution is -2.06. The largest absolute Gasteiger partial charge is 0.497 e. The second-order valence-corrected chi connectivity index (χ2v) is 5.65. The average Bonchev–Trinajstić information content (AvgIpc) is 2.72. The van der Waals surface area contributed by atoms with Crippen molar-refractivity contribution in [3.05, 3.63) is 77.7 Å². The summed E-state index contributed by atoms with van der Waals surface area (Å²) in [6.45, 7) is 0. The fourth-order valence-electron chi connectivity index (χ4n) is 2.72. The van der Waals surface area contributed by atoms with Gasteiger partial charge in [-0.1, -0.05) is 18.2 Å². The van der Waals surface area contributed by atoms with Crippen LogP contribution in [0, 0.1) is 11.3 Å². The first-order valence-electron chi connectivity index (χ1n) is 8.18. The molecule has 1 aromatic carbocycles. The summed E-state index contributed by atoms with van der Waals surface area (Å²) in [5, 5.41) is 9.25. The molecule has 0 atom stereocenters. The molecule has 0 spiro atoms. The minimum absolute atomic E-state index is 0.454. The molecule has 0 fully saturated rings. The van der Waals surface area contributed by atoms with Gasteiger partial charge in [0.1, 0.15) is 24.0 Å². The Labute approximate surface area is 152 Å². The number of rotatable bonds is 5. The average molecular weight is 349 g/mol. The summed E-state index contributed by atoms with van der Waals surface area (Å²) in [5.74, 6) is 2.34. The Morgan fingerprint density at radius 1 is 1.15 bits per heavy atom. The van der Waals surface area contributed by atoms with E-state index in [4.69, 9.17) is 18.9 Å². The van der Waals surface area contributed by atoms with Crippen LogP contribution in [-0.2, 0) is 9.47 Å². The lowest BCUT2D eigenvalue weighted by molar-refractivity contribution is 0.243. The summed E-state index contributed by atoms with van der Waals surface area (Å²) >= 11 is 0. The number of hydrogen-bond acceptors (Lipinski definition) is 5. The number of nitriles is 1. The maximum absolute atomic E-state index is 9.25. The number of benzene rings is 1. The van der Waals surface area contributed by atoms with Gasteiger partial charge in [0.15, 0.2) is 11.5 Å². The number of methoxy groups -OCH3 is 2. The Hall–Kier alpha value is -3.39. The van der Waals surface area contributed by atoms with E-state index >= 15 is 0 Å². The second kappa shape index (κ2) is 8.13. The van der Waals surface area contributed by atoms with E-state index in [1.54, 1.807) is 26.5 Å². The van der Waals surface area contributed by atoms with Crippen molar-refractivity contribution in [3.8, 4) is 17.6 Å². The molecule has 1 aromatic rings. The summed E-state index contributed by atoms with van der Waals surface area (Å²) < 4.78 is 22.2. The van der Waals surface area contributed by atoms with Crippen molar-refractivity contribution in [2.24, 2.45) is 0 Å². The standard InChI is InChI=1S/C21H19NO4/c1-23-17-10-16(11-18(12-17)24-2)19(8-9-22)21-14-25-13-20(26-21)15-6-4-3-5-7-15/h3-4,6,8,10-14H,5,7H2,1-2H3. The zero-order chi connectivity index (χ0) is 18.4. The first-order valence-corrected chi connectivity index (χ1v) is 8.18.